The van der Waals surface area contributed by atoms with E-state index in [2.05, 4.69) is 41.0 Å². The lowest BCUT2D eigenvalue weighted by Crippen LogP contribution is -2.23. The van der Waals surface area contributed by atoms with Gasteiger partial charge in [-0.05, 0) is 0 Å². The minimum absolute atomic E-state index is 0.0916. The maximum Gasteiger partial charge on any atom is 0.138 e. The highest BCUT2D eigenvalue weighted by molar-refractivity contribution is 5.49. The van der Waals surface area contributed by atoms with Crippen LogP contribution in [0.3, 0.4) is 0 Å². The van der Waals surface area contributed by atoms with E-state index in [1.807, 2.05) is 44.2 Å². The van der Waals surface area contributed by atoms with Crippen LogP contribution in [-0.4, -0.2) is 33.6 Å². The van der Waals surface area contributed by atoms with Crippen molar-refractivity contribution in [1.29, 1.82) is 0 Å². The number of nitrogens with one attached hydrogen (secondary N) is 1. The summed E-state index contributed by atoms with van der Waals surface area (Å²) in [6.45, 7) is 7.05. The van der Waals surface area contributed by atoms with Crippen molar-refractivity contribution in [3.05, 3.63) is 30.1 Å². The van der Waals surface area contributed by atoms with E-state index >= 15 is 0 Å². The first kappa shape index (κ1) is 15.3. The molecule has 6 heteroatoms. The number of rotatable bonds is 4. The number of hydrogen-bond acceptors (Lipinski definition) is 5. The zero-order chi connectivity index (χ0) is 15.6. The molecule has 0 aliphatic rings. The Labute approximate surface area is 126 Å². The van der Waals surface area contributed by atoms with Crippen LogP contribution in [0.2, 0.25) is 0 Å². The van der Waals surface area contributed by atoms with Crippen molar-refractivity contribution in [2.45, 2.75) is 32.7 Å². The molecule has 0 fully saturated rings. The molecule has 0 aliphatic heterocycles. The van der Waals surface area contributed by atoms with Crippen LogP contribution in [0.1, 0.15) is 32.4 Å². The minimum Gasteiger partial charge on any atom is -0.373 e. The Morgan fingerprint density at radius 2 is 2.00 bits per heavy atom. The van der Waals surface area contributed by atoms with E-state index in [1.54, 1.807) is 0 Å². The largest absolute Gasteiger partial charge is 0.373 e. The Balaban J connectivity index is 2.32. The van der Waals surface area contributed by atoms with E-state index < -0.39 is 0 Å². The fraction of sp³-hybridized carbons (Fsp3) is 0.533. The molecule has 0 atom stereocenters. The highest BCUT2D eigenvalue weighted by Crippen LogP contribution is 2.24. The van der Waals surface area contributed by atoms with Crippen molar-refractivity contribution in [1.82, 2.24) is 19.5 Å². The second-order valence-corrected chi connectivity index (χ2v) is 6.25. The minimum atomic E-state index is -0.0916. The fourth-order valence-corrected chi connectivity index (χ4v) is 1.94. The van der Waals surface area contributed by atoms with Gasteiger partial charge < -0.3 is 14.8 Å². The van der Waals surface area contributed by atoms with Crippen LogP contribution in [0.15, 0.2) is 18.5 Å². The molecule has 2 rings (SSSR count). The first-order chi connectivity index (χ1) is 9.81. The van der Waals surface area contributed by atoms with Gasteiger partial charge in [-0.1, -0.05) is 20.8 Å². The zero-order valence-electron chi connectivity index (χ0n) is 13.7. The van der Waals surface area contributed by atoms with Crippen molar-refractivity contribution in [3.63, 3.8) is 0 Å². The normalized spacial score (nSPS) is 11.5. The van der Waals surface area contributed by atoms with Gasteiger partial charge in [0.15, 0.2) is 0 Å². The number of anilines is 2. The molecule has 0 aliphatic carbocycles. The molecule has 0 saturated carbocycles. The summed E-state index contributed by atoms with van der Waals surface area (Å²) in [5.74, 6) is 3.55. The van der Waals surface area contributed by atoms with Crippen molar-refractivity contribution in [3.8, 4) is 0 Å². The maximum absolute atomic E-state index is 4.70. The molecule has 0 bridgehead atoms. The smallest absolute Gasteiger partial charge is 0.138 e. The Bertz CT molecular complexity index is 611. The van der Waals surface area contributed by atoms with E-state index in [0.29, 0.717) is 6.54 Å². The van der Waals surface area contributed by atoms with Crippen LogP contribution in [0.25, 0.3) is 0 Å². The van der Waals surface area contributed by atoms with E-state index in [4.69, 9.17) is 4.98 Å². The molecule has 0 spiro atoms. The van der Waals surface area contributed by atoms with Crippen molar-refractivity contribution in [2.24, 2.45) is 7.05 Å². The van der Waals surface area contributed by atoms with E-state index in [-0.39, 0.29) is 5.41 Å². The lowest BCUT2D eigenvalue weighted by Gasteiger charge is -2.23. The van der Waals surface area contributed by atoms with Crippen LogP contribution in [0.5, 0.6) is 0 Å². The second-order valence-electron chi connectivity index (χ2n) is 6.25. The van der Waals surface area contributed by atoms with Gasteiger partial charge >= 0.3 is 0 Å². The molecule has 0 saturated heterocycles. The standard InChI is InChI=1S/C15H24N6/c1-15(2,3)14-18-11(16-4)9-12(19-14)21(6)10-13-17-7-8-20(13)5/h7-9H,10H2,1-6H3,(H,16,18,19). The fourth-order valence-electron chi connectivity index (χ4n) is 1.94. The summed E-state index contributed by atoms with van der Waals surface area (Å²) >= 11 is 0. The molecular weight excluding hydrogens is 264 g/mol. The molecule has 6 nitrogen and oxygen atoms in total. The van der Waals surface area contributed by atoms with Crippen LogP contribution in [-0.2, 0) is 19.0 Å². The van der Waals surface area contributed by atoms with Gasteiger partial charge in [0.05, 0.1) is 6.54 Å². The van der Waals surface area contributed by atoms with Gasteiger partial charge in [0.1, 0.15) is 23.3 Å². The summed E-state index contributed by atoms with van der Waals surface area (Å²) in [5, 5.41) is 3.11. The van der Waals surface area contributed by atoms with Gasteiger partial charge in [0.25, 0.3) is 0 Å². The lowest BCUT2D eigenvalue weighted by atomic mass is 9.96. The number of nitrogens with zero attached hydrogens (tertiary/aromatic N) is 5. The highest BCUT2D eigenvalue weighted by atomic mass is 15.2. The molecular formula is C15H24N6. The molecule has 0 unspecified atom stereocenters. The number of hydrogen-bond donors (Lipinski definition) is 1. The summed E-state index contributed by atoms with van der Waals surface area (Å²) in [6.07, 6.45) is 3.76. The van der Waals surface area contributed by atoms with Gasteiger partial charge in [-0.25, -0.2) is 15.0 Å². The average Bonchev–Trinajstić information content (AvgIpc) is 2.82. The molecule has 2 heterocycles. The topological polar surface area (TPSA) is 58.9 Å². The Hall–Kier alpha value is -2.11. The second kappa shape index (κ2) is 5.71. The monoisotopic (exact) mass is 288 g/mol. The first-order valence-corrected chi connectivity index (χ1v) is 7.06. The molecule has 2 aromatic heterocycles. The maximum atomic E-state index is 4.70. The summed E-state index contributed by atoms with van der Waals surface area (Å²) in [7, 11) is 5.88. The van der Waals surface area contributed by atoms with Crippen molar-refractivity contribution >= 4 is 11.6 Å². The lowest BCUT2D eigenvalue weighted by molar-refractivity contribution is 0.545. The molecule has 1 N–H and O–H groups in total. The number of aryl methyl sites for hydroxylation is 1. The Morgan fingerprint density at radius 3 is 2.52 bits per heavy atom. The quantitative estimate of drug-likeness (QED) is 0.934. The predicted molar refractivity (Wildman–Crippen MR) is 85.6 cm³/mol. The third-order valence-electron chi connectivity index (χ3n) is 3.33. The summed E-state index contributed by atoms with van der Waals surface area (Å²) in [6, 6.07) is 1.96. The summed E-state index contributed by atoms with van der Waals surface area (Å²) in [5.41, 5.74) is -0.0916. The van der Waals surface area contributed by atoms with Crippen LogP contribution in [0, 0.1) is 0 Å². The van der Waals surface area contributed by atoms with Gasteiger partial charge in [-0.15, -0.1) is 0 Å². The van der Waals surface area contributed by atoms with Crippen molar-refractivity contribution < 1.29 is 0 Å². The van der Waals surface area contributed by atoms with Crippen LogP contribution < -0.4 is 10.2 Å². The molecule has 0 aromatic carbocycles. The zero-order valence-corrected chi connectivity index (χ0v) is 13.7. The number of aromatic nitrogens is 4. The summed E-state index contributed by atoms with van der Waals surface area (Å²) < 4.78 is 2.02. The Kier molecular flexibility index (Phi) is 4.16. The molecule has 0 radical (unpaired) electrons. The molecule has 21 heavy (non-hydrogen) atoms. The molecule has 114 valence electrons. The van der Waals surface area contributed by atoms with E-state index in [0.717, 1.165) is 23.3 Å². The van der Waals surface area contributed by atoms with Crippen LogP contribution >= 0.6 is 0 Å². The molecule has 0 amide bonds. The SMILES string of the molecule is CNc1cc(N(C)Cc2nccn2C)nc(C(C)(C)C)n1. The highest BCUT2D eigenvalue weighted by Gasteiger charge is 2.20. The van der Waals surface area contributed by atoms with E-state index in [9.17, 15) is 0 Å². The predicted octanol–water partition coefficient (Wildman–Crippen LogP) is 2.19. The van der Waals surface area contributed by atoms with Gasteiger partial charge in [0, 0.05) is 45.0 Å². The third-order valence-corrected chi connectivity index (χ3v) is 3.33. The molecule has 2 aromatic rings. The average molecular weight is 288 g/mol. The Morgan fingerprint density at radius 1 is 1.29 bits per heavy atom. The first-order valence-electron chi connectivity index (χ1n) is 7.06. The van der Waals surface area contributed by atoms with Crippen molar-refractivity contribution in [2.75, 3.05) is 24.3 Å². The van der Waals surface area contributed by atoms with Gasteiger partial charge in [-0.2, -0.15) is 0 Å². The number of imidazole rings is 1. The van der Waals surface area contributed by atoms with Gasteiger partial charge in [0.2, 0.25) is 0 Å². The van der Waals surface area contributed by atoms with E-state index in [1.165, 1.54) is 0 Å². The van der Waals surface area contributed by atoms with Gasteiger partial charge in [-0.3, -0.25) is 0 Å². The third kappa shape index (κ3) is 3.51. The van der Waals surface area contributed by atoms with Crippen LogP contribution in [0.4, 0.5) is 11.6 Å². The summed E-state index contributed by atoms with van der Waals surface area (Å²) in [4.78, 5) is 15.7.